The molecule has 2 heteroatoms. The average molecular weight is 240 g/mol. The van der Waals surface area contributed by atoms with Crippen molar-refractivity contribution in [2.75, 3.05) is 13.6 Å². The highest BCUT2D eigenvalue weighted by atomic mass is 79.9. The normalized spacial score (nSPS) is 18.6. The van der Waals surface area contributed by atoms with Gasteiger partial charge in [0.25, 0.3) is 0 Å². The summed E-state index contributed by atoms with van der Waals surface area (Å²) in [5.74, 6) is 0. The van der Waals surface area contributed by atoms with E-state index in [1.165, 1.54) is 22.9 Å². The van der Waals surface area contributed by atoms with Crippen molar-refractivity contribution in [3.63, 3.8) is 0 Å². The predicted octanol–water partition coefficient (Wildman–Crippen LogP) is 2.70. The second-order valence-electron chi connectivity index (χ2n) is 3.79. The molecule has 1 aromatic rings. The average Bonchev–Trinajstić information content (AvgIpc) is 2.87. The van der Waals surface area contributed by atoms with Gasteiger partial charge in [-0.25, -0.2) is 0 Å². The molecule has 0 heterocycles. The summed E-state index contributed by atoms with van der Waals surface area (Å²) in [4.78, 5) is 0. The zero-order valence-electron chi connectivity index (χ0n) is 7.81. The van der Waals surface area contributed by atoms with Crippen molar-refractivity contribution < 1.29 is 0 Å². The van der Waals surface area contributed by atoms with E-state index in [0.29, 0.717) is 5.41 Å². The van der Waals surface area contributed by atoms with Gasteiger partial charge in [-0.1, -0.05) is 34.1 Å². The van der Waals surface area contributed by atoms with Crippen LogP contribution in [0.4, 0.5) is 0 Å². The van der Waals surface area contributed by atoms with E-state index < -0.39 is 0 Å². The Morgan fingerprint density at radius 1 is 1.38 bits per heavy atom. The van der Waals surface area contributed by atoms with Crippen molar-refractivity contribution in [3.8, 4) is 0 Å². The molecule has 0 unspecified atom stereocenters. The smallest absolute Gasteiger partial charge is 0.0213 e. The molecule has 1 fully saturated rings. The molecule has 0 radical (unpaired) electrons. The quantitative estimate of drug-likeness (QED) is 0.856. The van der Waals surface area contributed by atoms with E-state index in [1.807, 2.05) is 7.05 Å². The van der Waals surface area contributed by atoms with Gasteiger partial charge >= 0.3 is 0 Å². The third-order valence-electron chi connectivity index (χ3n) is 2.81. The largest absolute Gasteiger partial charge is 0.319 e. The Balaban J connectivity index is 2.30. The van der Waals surface area contributed by atoms with Crippen molar-refractivity contribution >= 4 is 15.9 Å². The van der Waals surface area contributed by atoms with E-state index in [4.69, 9.17) is 0 Å². The van der Waals surface area contributed by atoms with Crippen LogP contribution in [0.3, 0.4) is 0 Å². The topological polar surface area (TPSA) is 12.0 Å². The fourth-order valence-corrected chi connectivity index (χ4v) is 2.63. The lowest BCUT2D eigenvalue weighted by molar-refractivity contribution is 0.622. The number of likely N-dealkylation sites (N-methyl/N-ethyl adjacent to an activating group) is 1. The summed E-state index contributed by atoms with van der Waals surface area (Å²) in [5.41, 5.74) is 1.89. The minimum Gasteiger partial charge on any atom is -0.319 e. The third kappa shape index (κ3) is 1.65. The van der Waals surface area contributed by atoms with Gasteiger partial charge in [0.15, 0.2) is 0 Å². The first-order valence-corrected chi connectivity index (χ1v) is 5.47. The summed E-state index contributed by atoms with van der Waals surface area (Å²) in [7, 11) is 2.02. The van der Waals surface area contributed by atoms with Gasteiger partial charge in [-0.15, -0.1) is 0 Å². The van der Waals surface area contributed by atoms with Crippen molar-refractivity contribution in [1.29, 1.82) is 0 Å². The number of halogens is 1. The van der Waals surface area contributed by atoms with Gasteiger partial charge in [-0.2, -0.15) is 0 Å². The maximum Gasteiger partial charge on any atom is 0.0213 e. The Morgan fingerprint density at radius 3 is 2.62 bits per heavy atom. The Hall–Kier alpha value is -0.340. The summed E-state index contributed by atoms with van der Waals surface area (Å²) in [6.07, 6.45) is 2.63. The second-order valence-corrected chi connectivity index (χ2v) is 4.64. The zero-order valence-corrected chi connectivity index (χ0v) is 9.39. The zero-order chi connectivity index (χ0) is 9.31. The van der Waals surface area contributed by atoms with Crippen molar-refractivity contribution in [1.82, 2.24) is 5.32 Å². The van der Waals surface area contributed by atoms with E-state index >= 15 is 0 Å². The van der Waals surface area contributed by atoms with E-state index in [9.17, 15) is 0 Å². The molecule has 13 heavy (non-hydrogen) atoms. The Bertz CT molecular complexity index is 305. The molecule has 0 aromatic heterocycles. The van der Waals surface area contributed by atoms with Crippen LogP contribution in [0.15, 0.2) is 28.7 Å². The summed E-state index contributed by atoms with van der Waals surface area (Å²) >= 11 is 3.61. The SMILES string of the molecule is CNCC1(c2ccccc2Br)CC1. The highest BCUT2D eigenvalue weighted by Gasteiger charge is 2.44. The summed E-state index contributed by atoms with van der Waals surface area (Å²) < 4.78 is 1.25. The van der Waals surface area contributed by atoms with Crippen LogP contribution in [0.1, 0.15) is 18.4 Å². The second kappa shape index (κ2) is 3.43. The molecule has 1 aromatic carbocycles. The lowest BCUT2D eigenvalue weighted by Gasteiger charge is -2.16. The van der Waals surface area contributed by atoms with Gasteiger partial charge < -0.3 is 5.32 Å². The van der Waals surface area contributed by atoms with Crippen LogP contribution in [0.25, 0.3) is 0 Å². The molecular formula is C11H14BrN. The van der Waals surface area contributed by atoms with Crippen molar-refractivity contribution in [3.05, 3.63) is 34.3 Å². The Morgan fingerprint density at radius 2 is 2.08 bits per heavy atom. The monoisotopic (exact) mass is 239 g/mol. The molecule has 0 spiro atoms. The molecular weight excluding hydrogens is 226 g/mol. The molecule has 1 N–H and O–H groups in total. The fraction of sp³-hybridized carbons (Fsp3) is 0.455. The molecule has 1 nitrogen and oxygen atoms in total. The lowest BCUT2D eigenvalue weighted by Crippen LogP contribution is -2.23. The maximum atomic E-state index is 3.61. The van der Waals surface area contributed by atoms with Crippen LogP contribution in [0, 0.1) is 0 Å². The molecule has 0 bridgehead atoms. The van der Waals surface area contributed by atoms with E-state index in [1.54, 1.807) is 0 Å². The molecule has 0 aliphatic heterocycles. The molecule has 1 aliphatic carbocycles. The van der Waals surface area contributed by atoms with Crippen LogP contribution in [0.2, 0.25) is 0 Å². The van der Waals surface area contributed by atoms with Crippen molar-refractivity contribution in [2.45, 2.75) is 18.3 Å². The van der Waals surface area contributed by atoms with Crippen LogP contribution >= 0.6 is 15.9 Å². The van der Waals surface area contributed by atoms with Crippen LogP contribution in [-0.2, 0) is 5.41 Å². The first-order valence-electron chi connectivity index (χ1n) is 4.68. The molecule has 1 aliphatic rings. The molecule has 2 rings (SSSR count). The molecule has 70 valence electrons. The summed E-state index contributed by atoms with van der Waals surface area (Å²) in [6, 6.07) is 8.55. The van der Waals surface area contributed by atoms with Gasteiger partial charge in [-0.3, -0.25) is 0 Å². The third-order valence-corrected chi connectivity index (χ3v) is 3.51. The maximum absolute atomic E-state index is 3.61. The van der Waals surface area contributed by atoms with E-state index in [-0.39, 0.29) is 0 Å². The summed E-state index contributed by atoms with van der Waals surface area (Å²) in [6.45, 7) is 1.09. The van der Waals surface area contributed by atoms with Crippen molar-refractivity contribution in [2.24, 2.45) is 0 Å². The lowest BCUT2D eigenvalue weighted by atomic mass is 9.96. The first-order chi connectivity index (χ1) is 6.28. The number of benzene rings is 1. The van der Waals surface area contributed by atoms with E-state index in [2.05, 4.69) is 45.5 Å². The Kier molecular flexibility index (Phi) is 2.43. The van der Waals surface area contributed by atoms with E-state index in [0.717, 1.165) is 6.54 Å². The van der Waals surface area contributed by atoms with Crippen LogP contribution in [0.5, 0.6) is 0 Å². The standard InChI is InChI=1S/C11H14BrN/c1-13-8-11(6-7-11)9-4-2-3-5-10(9)12/h2-5,13H,6-8H2,1H3. The van der Waals surface area contributed by atoms with Gasteiger partial charge in [0.1, 0.15) is 0 Å². The summed E-state index contributed by atoms with van der Waals surface area (Å²) in [5, 5.41) is 3.28. The number of hydrogen-bond acceptors (Lipinski definition) is 1. The number of nitrogens with one attached hydrogen (secondary N) is 1. The Labute approximate surface area is 87.7 Å². The molecule has 0 atom stereocenters. The number of rotatable bonds is 3. The minimum absolute atomic E-state index is 0.425. The minimum atomic E-state index is 0.425. The van der Waals surface area contributed by atoms with Gasteiger partial charge in [0.2, 0.25) is 0 Å². The molecule has 0 amide bonds. The van der Waals surface area contributed by atoms with Crippen LogP contribution in [-0.4, -0.2) is 13.6 Å². The van der Waals surface area contributed by atoms with Gasteiger partial charge in [0, 0.05) is 16.4 Å². The first kappa shape index (κ1) is 9.22. The van der Waals surface area contributed by atoms with Gasteiger partial charge in [-0.05, 0) is 31.5 Å². The predicted molar refractivity (Wildman–Crippen MR) is 59.0 cm³/mol. The van der Waals surface area contributed by atoms with Crippen LogP contribution < -0.4 is 5.32 Å². The fourth-order valence-electron chi connectivity index (χ4n) is 1.92. The highest BCUT2D eigenvalue weighted by molar-refractivity contribution is 9.10. The number of hydrogen-bond donors (Lipinski definition) is 1. The van der Waals surface area contributed by atoms with Gasteiger partial charge in [0.05, 0.1) is 0 Å². The highest BCUT2D eigenvalue weighted by Crippen LogP contribution is 2.49. The molecule has 1 saturated carbocycles. The molecule has 0 saturated heterocycles.